The fraction of sp³-hybridized carbons (Fsp3) is 0.524. The van der Waals surface area contributed by atoms with Crippen molar-refractivity contribution in [3.8, 4) is 0 Å². The lowest BCUT2D eigenvalue weighted by Crippen LogP contribution is -2.39. The molecule has 0 atom stereocenters. The first-order chi connectivity index (χ1) is 12.4. The van der Waals surface area contributed by atoms with Crippen molar-refractivity contribution in [3.63, 3.8) is 0 Å². The molecule has 0 bridgehead atoms. The Morgan fingerprint density at radius 2 is 1.88 bits per heavy atom. The number of nitrogens with zero attached hydrogens (tertiary/aromatic N) is 2. The quantitative estimate of drug-likeness (QED) is 0.822. The summed E-state index contributed by atoms with van der Waals surface area (Å²) in [6.07, 6.45) is 5.92. The molecule has 140 valence electrons. The van der Waals surface area contributed by atoms with Gasteiger partial charge in [0.1, 0.15) is 0 Å². The average molecular weight is 374 g/mol. The molecule has 1 saturated carbocycles. The third kappa shape index (κ3) is 3.96. The number of nitrogens with one attached hydrogen (secondary N) is 1. The third-order valence-corrected chi connectivity index (χ3v) is 6.15. The second kappa shape index (κ2) is 7.83. The number of hydrogen-bond donors (Lipinski definition) is 1. The largest absolute Gasteiger partial charge is 0.355 e. The van der Waals surface area contributed by atoms with Gasteiger partial charge in [-0.3, -0.25) is 9.48 Å². The van der Waals surface area contributed by atoms with Gasteiger partial charge in [0.05, 0.1) is 5.69 Å². The topological polar surface area (TPSA) is 46.9 Å². The monoisotopic (exact) mass is 373 g/mol. The molecule has 0 aliphatic heterocycles. The summed E-state index contributed by atoms with van der Waals surface area (Å²) in [5.74, 6) is 0.118. The van der Waals surface area contributed by atoms with Gasteiger partial charge in [-0.1, -0.05) is 36.6 Å². The lowest BCUT2D eigenvalue weighted by Gasteiger charge is -2.30. The molecule has 0 saturated heterocycles. The summed E-state index contributed by atoms with van der Waals surface area (Å²) in [5, 5.41) is 8.38. The number of hydrogen-bond acceptors (Lipinski definition) is 2. The molecule has 3 rings (SSSR count). The van der Waals surface area contributed by atoms with Crippen LogP contribution in [0.3, 0.4) is 0 Å². The number of benzene rings is 1. The number of halogens is 1. The van der Waals surface area contributed by atoms with E-state index < -0.39 is 0 Å². The molecule has 5 heteroatoms. The number of aromatic nitrogens is 2. The molecule has 2 aromatic rings. The first-order valence-corrected chi connectivity index (χ1v) is 9.81. The Hall–Kier alpha value is -1.81. The van der Waals surface area contributed by atoms with Crippen molar-refractivity contribution in [3.05, 3.63) is 51.8 Å². The number of carbonyl (C=O) groups is 1. The molecule has 0 unspecified atom stereocenters. The van der Waals surface area contributed by atoms with Gasteiger partial charge in [-0.25, -0.2) is 0 Å². The van der Waals surface area contributed by atoms with Crippen molar-refractivity contribution in [1.82, 2.24) is 15.1 Å². The van der Waals surface area contributed by atoms with Gasteiger partial charge in [-0.2, -0.15) is 5.10 Å². The molecule has 0 radical (unpaired) electrons. The molecule has 1 aliphatic rings. The molecule has 1 amide bonds. The first kappa shape index (κ1) is 19.0. The van der Waals surface area contributed by atoms with Gasteiger partial charge in [-0.05, 0) is 56.4 Å². The Balaban J connectivity index is 1.61. The molecule has 1 N–H and O–H groups in total. The van der Waals surface area contributed by atoms with Gasteiger partial charge in [0.2, 0.25) is 5.91 Å². The summed E-state index contributed by atoms with van der Waals surface area (Å²) in [6.45, 7) is 4.77. The zero-order valence-electron chi connectivity index (χ0n) is 15.9. The van der Waals surface area contributed by atoms with Crippen molar-refractivity contribution >= 4 is 17.5 Å². The molecule has 4 nitrogen and oxygen atoms in total. The van der Waals surface area contributed by atoms with Crippen molar-refractivity contribution < 1.29 is 4.79 Å². The number of aryl methyl sites for hydroxylation is 2. The maximum atomic E-state index is 12.5. The van der Waals surface area contributed by atoms with Gasteiger partial charge in [0, 0.05) is 36.1 Å². The molecule has 1 aromatic carbocycles. The van der Waals surface area contributed by atoms with Gasteiger partial charge in [0.15, 0.2) is 0 Å². The predicted molar refractivity (Wildman–Crippen MR) is 106 cm³/mol. The Morgan fingerprint density at radius 3 is 2.46 bits per heavy atom. The van der Waals surface area contributed by atoms with Crippen molar-refractivity contribution in [2.24, 2.45) is 7.05 Å². The summed E-state index contributed by atoms with van der Waals surface area (Å²) in [5.41, 5.74) is 4.70. The fourth-order valence-electron chi connectivity index (χ4n) is 4.20. The van der Waals surface area contributed by atoms with Crippen LogP contribution >= 0.6 is 11.6 Å². The van der Waals surface area contributed by atoms with Crippen molar-refractivity contribution in [1.29, 1.82) is 0 Å². The first-order valence-electron chi connectivity index (χ1n) is 9.43. The SMILES string of the molecule is Cc1nn(C)c(C)c1CCC(=O)NCC1(c2ccc(Cl)cc2)CCCC1. The second-order valence-corrected chi connectivity index (χ2v) is 7.98. The van der Waals surface area contributed by atoms with E-state index in [9.17, 15) is 4.79 Å². The van der Waals surface area contributed by atoms with Gasteiger partial charge in [-0.15, -0.1) is 0 Å². The van der Waals surface area contributed by atoms with E-state index in [-0.39, 0.29) is 11.3 Å². The highest BCUT2D eigenvalue weighted by Crippen LogP contribution is 2.40. The van der Waals surface area contributed by atoms with E-state index in [1.165, 1.54) is 24.0 Å². The van der Waals surface area contributed by atoms with E-state index in [4.69, 9.17) is 11.6 Å². The highest BCUT2D eigenvalue weighted by molar-refractivity contribution is 6.30. The summed E-state index contributed by atoms with van der Waals surface area (Å²) < 4.78 is 1.89. The van der Waals surface area contributed by atoms with E-state index in [1.807, 2.05) is 30.8 Å². The molecule has 1 aromatic heterocycles. The lowest BCUT2D eigenvalue weighted by molar-refractivity contribution is -0.121. The van der Waals surface area contributed by atoms with Gasteiger partial charge >= 0.3 is 0 Å². The van der Waals surface area contributed by atoms with Crippen LogP contribution in [-0.2, 0) is 23.7 Å². The van der Waals surface area contributed by atoms with Gasteiger partial charge in [0.25, 0.3) is 0 Å². The predicted octanol–water partition coefficient (Wildman–Crippen LogP) is 4.25. The number of amides is 1. The fourth-order valence-corrected chi connectivity index (χ4v) is 4.32. The zero-order valence-corrected chi connectivity index (χ0v) is 16.7. The number of rotatable bonds is 6. The summed E-state index contributed by atoms with van der Waals surface area (Å²) >= 11 is 6.04. The van der Waals surface area contributed by atoms with Crippen LogP contribution in [0.1, 0.15) is 54.6 Å². The third-order valence-electron chi connectivity index (χ3n) is 5.90. The summed E-state index contributed by atoms with van der Waals surface area (Å²) in [6, 6.07) is 8.13. The lowest BCUT2D eigenvalue weighted by atomic mass is 9.79. The normalized spacial score (nSPS) is 16.0. The maximum absolute atomic E-state index is 12.5. The smallest absolute Gasteiger partial charge is 0.220 e. The van der Waals surface area contributed by atoms with Crippen LogP contribution in [-0.4, -0.2) is 22.2 Å². The molecule has 26 heavy (non-hydrogen) atoms. The average Bonchev–Trinajstić information content (AvgIpc) is 3.19. The Kier molecular flexibility index (Phi) is 5.71. The summed E-state index contributed by atoms with van der Waals surface area (Å²) in [7, 11) is 1.95. The minimum atomic E-state index is 0.0559. The molecule has 0 spiro atoms. The Bertz CT molecular complexity index is 773. The maximum Gasteiger partial charge on any atom is 0.220 e. The van der Waals surface area contributed by atoms with Crippen LogP contribution in [0.5, 0.6) is 0 Å². The second-order valence-electron chi connectivity index (χ2n) is 7.54. The van der Waals surface area contributed by atoms with Gasteiger partial charge < -0.3 is 5.32 Å². The van der Waals surface area contributed by atoms with Crippen LogP contribution in [0.15, 0.2) is 24.3 Å². The van der Waals surface area contributed by atoms with Crippen LogP contribution in [0.2, 0.25) is 5.02 Å². The highest BCUT2D eigenvalue weighted by atomic mass is 35.5. The van der Waals surface area contributed by atoms with Crippen molar-refractivity contribution in [2.75, 3.05) is 6.54 Å². The van der Waals surface area contributed by atoms with E-state index in [0.717, 1.165) is 35.7 Å². The molecule has 1 heterocycles. The Morgan fingerprint density at radius 1 is 1.23 bits per heavy atom. The van der Waals surface area contributed by atoms with E-state index >= 15 is 0 Å². The summed E-state index contributed by atoms with van der Waals surface area (Å²) in [4.78, 5) is 12.5. The molecular formula is C21H28ClN3O. The number of carbonyl (C=O) groups excluding carboxylic acids is 1. The highest BCUT2D eigenvalue weighted by Gasteiger charge is 2.35. The van der Waals surface area contributed by atoms with Crippen LogP contribution in [0.4, 0.5) is 0 Å². The van der Waals surface area contributed by atoms with E-state index in [0.29, 0.717) is 13.0 Å². The molecular weight excluding hydrogens is 346 g/mol. The van der Waals surface area contributed by atoms with Crippen molar-refractivity contribution in [2.45, 2.75) is 57.8 Å². The van der Waals surface area contributed by atoms with E-state index in [1.54, 1.807) is 0 Å². The molecule has 1 aliphatic carbocycles. The van der Waals surface area contributed by atoms with E-state index in [2.05, 4.69) is 29.5 Å². The minimum Gasteiger partial charge on any atom is -0.355 e. The minimum absolute atomic E-state index is 0.0559. The Labute approximate surface area is 160 Å². The van der Waals surface area contributed by atoms with Crippen LogP contribution < -0.4 is 5.32 Å². The van der Waals surface area contributed by atoms with Crippen LogP contribution in [0, 0.1) is 13.8 Å². The standard InChI is InChI=1S/C21H28ClN3O/c1-15-19(16(2)25(3)24-15)10-11-20(26)23-14-21(12-4-5-13-21)17-6-8-18(22)9-7-17/h6-9H,4-5,10-14H2,1-3H3,(H,23,26). The van der Waals surface area contributed by atoms with Crippen LogP contribution in [0.25, 0.3) is 0 Å². The molecule has 1 fully saturated rings. The zero-order chi connectivity index (χ0) is 18.7.